The van der Waals surface area contributed by atoms with Crippen LogP contribution in [0.15, 0.2) is 90.0 Å². The van der Waals surface area contributed by atoms with Crippen molar-refractivity contribution in [2.24, 2.45) is 0 Å². The van der Waals surface area contributed by atoms with E-state index in [-0.39, 0.29) is 39.4 Å². The molecule has 1 unspecified atom stereocenters. The summed E-state index contributed by atoms with van der Waals surface area (Å²) in [6.07, 6.45) is 0. The molecule has 0 saturated carbocycles. The van der Waals surface area contributed by atoms with Crippen molar-refractivity contribution in [3.8, 4) is 23.4 Å². The number of hydrogen-bond donors (Lipinski definition) is 3. The molecule has 10 heteroatoms. The van der Waals surface area contributed by atoms with Crippen LogP contribution in [0.25, 0.3) is 22.2 Å². The number of rotatable bonds is 8. The van der Waals surface area contributed by atoms with E-state index < -0.39 is 11.2 Å². The van der Waals surface area contributed by atoms with Gasteiger partial charge in [0.2, 0.25) is 5.91 Å². The van der Waals surface area contributed by atoms with Gasteiger partial charge in [-0.25, -0.2) is 14.8 Å². The van der Waals surface area contributed by atoms with Gasteiger partial charge in [-0.05, 0) is 41.3 Å². The molecule has 3 aromatic carbocycles. The van der Waals surface area contributed by atoms with Crippen LogP contribution in [0, 0.1) is 22.7 Å². The first-order valence-electron chi connectivity index (χ1n) is 13.6. The van der Waals surface area contributed by atoms with Crippen LogP contribution in [0.4, 0.5) is 11.5 Å². The van der Waals surface area contributed by atoms with E-state index in [1.165, 1.54) is 6.07 Å². The van der Waals surface area contributed by atoms with Crippen molar-refractivity contribution >= 4 is 46.0 Å². The SMILES string of the molecule is CC(C)c1c(C#N)c(N)nc(SC(C(=O)Nc2ccc(-c3cc(C(=O)O)c4ccccc4n3)cc2)c2ccccc2)c1C#N. The van der Waals surface area contributed by atoms with E-state index in [0.717, 1.165) is 11.8 Å². The minimum Gasteiger partial charge on any atom is -0.478 e. The lowest BCUT2D eigenvalue weighted by atomic mass is 9.94. The predicted molar refractivity (Wildman–Crippen MR) is 170 cm³/mol. The number of nitrogens with two attached hydrogens (primary N) is 1. The first-order valence-corrected chi connectivity index (χ1v) is 14.5. The number of aromatic carboxylic acids is 1. The van der Waals surface area contributed by atoms with E-state index in [2.05, 4.69) is 27.4 Å². The van der Waals surface area contributed by atoms with Gasteiger partial charge in [0.1, 0.15) is 28.2 Å². The zero-order valence-corrected chi connectivity index (χ0v) is 24.6. The lowest BCUT2D eigenvalue weighted by molar-refractivity contribution is -0.115. The Morgan fingerprint density at radius 2 is 1.57 bits per heavy atom. The molecule has 5 rings (SSSR count). The van der Waals surface area contributed by atoms with E-state index in [1.807, 2.05) is 44.2 Å². The largest absolute Gasteiger partial charge is 0.478 e. The third kappa shape index (κ3) is 5.93. The monoisotopic (exact) mass is 598 g/mol. The van der Waals surface area contributed by atoms with Crippen molar-refractivity contribution in [2.45, 2.75) is 30.0 Å². The van der Waals surface area contributed by atoms with Crippen LogP contribution in [0.5, 0.6) is 0 Å². The van der Waals surface area contributed by atoms with Gasteiger partial charge in [0.25, 0.3) is 0 Å². The molecule has 1 atom stereocenters. The summed E-state index contributed by atoms with van der Waals surface area (Å²) in [7, 11) is 0. The molecule has 5 aromatic rings. The number of anilines is 2. The molecular weight excluding hydrogens is 572 g/mol. The number of carboxylic acids is 1. The fraction of sp³-hybridized carbons (Fsp3) is 0.118. The molecular formula is C34H26N6O3S. The molecule has 2 aromatic heterocycles. The first kappa shape index (κ1) is 29.8. The Hall–Kier alpha value is -5.71. The van der Waals surface area contributed by atoms with Crippen molar-refractivity contribution in [3.63, 3.8) is 0 Å². The zero-order valence-electron chi connectivity index (χ0n) is 23.8. The predicted octanol–water partition coefficient (Wildman–Crippen LogP) is 6.92. The summed E-state index contributed by atoms with van der Waals surface area (Å²) in [5, 5.41) is 32.4. The molecule has 4 N–H and O–H groups in total. The molecule has 0 aliphatic rings. The van der Waals surface area contributed by atoms with E-state index in [0.29, 0.717) is 39.0 Å². The number of carbonyl (C=O) groups excluding carboxylic acids is 1. The molecule has 0 bridgehead atoms. The lowest BCUT2D eigenvalue weighted by Crippen LogP contribution is -2.19. The van der Waals surface area contributed by atoms with Crippen LogP contribution in [-0.2, 0) is 4.79 Å². The molecule has 216 valence electrons. The second-order valence-corrected chi connectivity index (χ2v) is 11.3. The Bertz CT molecular complexity index is 1980. The van der Waals surface area contributed by atoms with Crippen molar-refractivity contribution < 1.29 is 14.7 Å². The number of nitrogen functional groups attached to an aromatic ring is 1. The highest BCUT2D eigenvalue weighted by Crippen LogP contribution is 2.40. The molecule has 0 radical (unpaired) electrons. The van der Waals surface area contributed by atoms with Gasteiger partial charge < -0.3 is 16.2 Å². The summed E-state index contributed by atoms with van der Waals surface area (Å²) >= 11 is 1.09. The second kappa shape index (κ2) is 12.7. The molecule has 0 fully saturated rings. The smallest absolute Gasteiger partial charge is 0.336 e. The number of nitrogens with one attached hydrogen (secondary N) is 1. The zero-order chi connectivity index (χ0) is 31.4. The topological polar surface area (TPSA) is 166 Å². The Morgan fingerprint density at radius 3 is 2.20 bits per heavy atom. The summed E-state index contributed by atoms with van der Waals surface area (Å²) in [6, 6.07) is 28.9. The number of fused-ring (bicyclic) bond motifs is 1. The van der Waals surface area contributed by atoms with E-state index in [9.17, 15) is 25.2 Å². The molecule has 0 aliphatic heterocycles. The van der Waals surface area contributed by atoms with Crippen molar-refractivity contribution in [2.75, 3.05) is 11.1 Å². The van der Waals surface area contributed by atoms with Gasteiger partial charge in [-0.3, -0.25) is 4.79 Å². The quantitative estimate of drug-likeness (QED) is 0.161. The summed E-state index contributed by atoms with van der Waals surface area (Å²) in [5.74, 6) is -1.56. The Balaban J connectivity index is 1.47. The normalized spacial score (nSPS) is 11.5. The maximum Gasteiger partial charge on any atom is 0.336 e. The average molecular weight is 599 g/mol. The van der Waals surface area contributed by atoms with Crippen molar-refractivity contribution in [1.82, 2.24) is 9.97 Å². The Labute approximate surface area is 258 Å². The number of aromatic nitrogens is 2. The first-order chi connectivity index (χ1) is 21.2. The van der Waals surface area contributed by atoms with E-state index >= 15 is 0 Å². The highest BCUT2D eigenvalue weighted by atomic mass is 32.2. The number of amides is 1. The summed E-state index contributed by atoms with van der Waals surface area (Å²) in [6.45, 7) is 3.73. The highest BCUT2D eigenvalue weighted by molar-refractivity contribution is 8.00. The molecule has 2 heterocycles. The number of carboxylic acid groups (broad SMARTS) is 1. The van der Waals surface area contributed by atoms with Gasteiger partial charge >= 0.3 is 5.97 Å². The van der Waals surface area contributed by atoms with Gasteiger partial charge in [0.15, 0.2) is 0 Å². The van der Waals surface area contributed by atoms with Gasteiger partial charge in [-0.2, -0.15) is 10.5 Å². The summed E-state index contributed by atoms with van der Waals surface area (Å²) < 4.78 is 0. The van der Waals surface area contributed by atoms with Gasteiger partial charge in [-0.15, -0.1) is 0 Å². The summed E-state index contributed by atoms with van der Waals surface area (Å²) in [4.78, 5) is 34.7. The number of hydrogen-bond acceptors (Lipinski definition) is 8. The maximum atomic E-state index is 13.8. The number of benzene rings is 3. The fourth-order valence-corrected chi connectivity index (χ4v) is 6.04. The molecule has 0 spiro atoms. The maximum absolute atomic E-state index is 13.8. The lowest BCUT2D eigenvalue weighted by Gasteiger charge is -2.20. The molecule has 1 amide bonds. The molecule has 44 heavy (non-hydrogen) atoms. The minimum absolute atomic E-state index is 0.00821. The van der Waals surface area contributed by atoms with Crippen LogP contribution < -0.4 is 11.1 Å². The van der Waals surface area contributed by atoms with E-state index in [1.54, 1.807) is 48.5 Å². The number of carbonyl (C=O) groups is 2. The number of para-hydroxylation sites is 1. The van der Waals surface area contributed by atoms with Crippen molar-refractivity contribution in [3.05, 3.63) is 113 Å². The number of thioether (sulfide) groups is 1. The number of nitrogens with zero attached hydrogens (tertiary/aromatic N) is 4. The van der Waals surface area contributed by atoms with Crippen molar-refractivity contribution in [1.29, 1.82) is 10.5 Å². The Morgan fingerprint density at radius 1 is 0.909 bits per heavy atom. The van der Waals surface area contributed by atoms with Crippen LogP contribution in [-0.4, -0.2) is 27.0 Å². The second-order valence-electron chi connectivity index (χ2n) is 10.2. The van der Waals surface area contributed by atoms with Gasteiger partial charge in [0.05, 0.1) is 27.9 Å². The van der Waals surface area contributed by atoms with Crippen LogP contribution in [0.2, 0.25) is 0 Å². The van der Waals surface area contributed by atoms with Gasteiger partial charge in [-0.1, -0.05) is 86.3 Å². The highest BCUT2D eigenvalue weighted by Gasteiger charge is 2.28. The number of nitriles is 2. The average Bonchev–Trinajstić information content (AvgIpc) is 3.03. The third-order valence-electron chi connectivity index (χ3n) is 7.00. The minimum atomic E-state index is -1.04. The van der Waals surface area contributed by atoms with E-state index in [4.69, 9.17) is 5.73 Å². The molecule has 0 saturated heterocycles. The van der Waals surface area contributed by atoms with Crippen LogP contribution in [0.3, 0.4) is 0 Å². The third-order valence-corrected chi connectivity index (χ3v) is 8.24. The number of pyridine rings is 2. The molecule has 0 aliphatic carbocycles. The van der Waals surface area contributed by atoms with Crippen LogP contribution in [0.1, 0.15) is 57.6 Å². The van der Waals surface area contributed by atoms with Crippen LogP contribution >= 0.6 is 11.8 Å². The fourth-order valence-electron chi connectivity index (χ4n) is 4.93. The standard InChI is InChI=1S/C34H26N6O3S/c1-19(2)29-25(17-35)31(37)40-33(26(29)18-36)44-30(21-8-4-3-5-9-21)32(41)38-22-14-12-20(13-15-22)28-16-24(34(42)43)23-10-6-7-11-27(23)39-28/h3-16,19,30H,1-2H3,(H2,37,40)(H,38,41)(H,42,43). The summed E-state index contributed by atoms with van der Waals surface area (Å²) in [5.41, 5.74) is 10.1. The molecule has 9 nitrogen and oxygen atoms in total. The van der Waals surface area contributed by atoms with Gasteiger partial charge in [0, 0.05) is 16.6 Å². The Kier molecular flexibility index (Phi) is 8.56.